The fourth-order valence-electron chi connectivity index (χ4n) is 13.2. The topological polar surface area (TPSA) is 161 Å². The molecule has 5 aliphatic carbocycles. The van der Waals surface area contributed by atoms with Gasteiger partial charge in [0.05, 0.1) is 42.2 Å². The number of likely N-dealkylation sites (N-methyl/N-ethyl adjacent to an activating group) is 1. The first kappa shape index (κ1) is 35.1. The SMILES string of the molecule is CCN1C[C@]2(COC(=O)c3ccccc3N3C(=O)C[C@H](C)C3=O)CC[C@H](OC)[C@@]34[C@@H]5C[C@H]6[C@H](OC(C)=O)[C@@H]5[C@](O)(C[C@@H]6OC)[C@](O)([C@H](OC)[C@@H]23)[C@@H]14. The monoisotopic (exact) mass is 710 g/mol. The highest BCUT2D eigenvalue weighted by molar-refractivity contribution is 6.22. The average Bonchev–Trinajstić information content (AvgIpc) is 3.61. The Morgan fingerprint density at radius 1 is 1.06 bits per heavy atom. The van der Waals surface area contributed by atoms with E-state index in [0.29, 0.717) is 32.4 Å². The summed E-state index contributed by atoms with van der Waals surface area (Å²) in [7, 11) is 4.85. The van der Waals surface area contributed by atoms with Crippen molar-refractivity contribution in [1.82, 2.24) is 4.90 Å². The Morgan fingerprint density at radius 3 is 2.43 bits per heavy atom. The summed E-state index contributed by atoms with van der Waals surface area (Å²) < 4.78 is 31.1. The van der Waals surface area contributed by atoms with E-state index in [2.05, 4.69) is 4.90 Å². The number of carbonyl (C=O) groups is 4. The minimum Gasteiger partial charge on any atom is -0.462 e. The maximum Gasteiger partial charge on any atom is 0.340 e. The molecule has 13 nitrogen and oxygen atoms in total. The van der Waals surface area contributed by atoms with Crippen LogP contribution in [0, 0.1) is 40.4 Å². The number of carbonyl (C=O) groups excluding carboxylic acids is 4. The van der Waals surface area contributed by atoms with Gasteiger partial charge in [-0.25, -0.2) is 9.69 Å². The maximum atomic E-state index is 14.1. The van der Waals surface area contributed by atoms with Crippen molar-refractivity contribution in [3.63, 3.8) is 0 Å². The second-order valence-corrected chi connectivity index (χ2v) is 16.3. The van der Waals surface area contributed by atoms with Gasteiger partial charge in [0.2, 0.25) is 11.8 Å². The third kappa shape index (κ3) is 4.19. The summed E-state index contributed by atoms with van der Waals surface area (Å²) in [6.45, 7) is 6.10. The smallest absolute Gasteiger partial charge is 0.340 e. The van der Waals surface area contributed by atoms with E-state index in [9.17, 15) is 29.4 Å². The minimum absolute atomic E-state index is 0.0201. The van der Waals surface area contributed by atoms with Gasteiger partial charge in [-0.2, -0.15) is 0 Å². The van der Waals surface area contributed by atoms with Crippen LogP contribution in [0.1, 0.15) is 63.2 Å². The number of hydrogen-bond acceptors (Lipinski definition) is 12. The van der Waals surface area contributed by atoms with Crippen LogP contribution < -0.4 is 4.90 Å². The number of methoxy groups -OCH3 is 3. The van der Waals surface area contributed by atoms with Crippen molar-refractivity contribution in [3.05, 3.63) is 29.8 Å². The van der Waals surface area contributed by atoms with Gasteiger partial charge >= 0.3 is 11.9 Å². The van der Waals surface area contributed by atoms with Crippen molar-refractivity contribution < 1.29 is 53.1 Å². The van der Waals surface area contributed by atoms with Gasteiger partial charge in [-0.3, -0.25) is 19.3 Å². The number of likely N-dealkylation sites (tertiary alicyclic amines) is 1. The second-order valence-electron chi connectivity index (χ2n) is 16.3. The van der Waals surface area contributed by atoms with E-state index >= 15 is 0 Å². The van der Waals surface area contributed by atoms with E-state index in [4.69, 9.17) is 23.7 Å². The summed E-state index contributed by atoms with van der Waals surface area (Å²) in [4.78, 5) is 55.9. The zero-order chi connectivity index (χ0) is 36.4. The first-order valence-corrected chi connectivity index (χ1v) is 18.4. The first-order valence-electron chi connectivity index (χ1n) is 18.4. The molecule has 2 aliphatic heterocycles. The summed E-state index contributed by atoms with van der Waals surface area (Å²) in [5.41, 5.74) is -4.72. The number of esters is 2. The van der Waals surface area contributed by atoms with Crippen molar-refractivity contribution in [3.8, 4) is 0 Å². The number of imide groups is 1. The van der Waals surface area contributed by atoms with Crippen LogP contribution >= 0.6 is 0 Å². The molecule has 7 fully saturated rings. The molecule has 0 aromatic heterocycles. The lowest BCUT2D eigenvalue weighted by Gasteiger charge is -2.70. The fourth-order valence-corrected chi connectivity index (χ4v) is 13.2. The molecule has 8 rings (SSSR count). The third-order valence-electron chi connectivity index (χ3n) is 14.6. The Kier molecular flexibility index (Phi) is 8.11. The fraction of sp³-hybridized carbons (Fsp3) is 0.737. The molecule has 2 N–H and O–H groups in total. The Balaban J connectivity index is 1.24. The molecule has 7 bridgehead atoms. The number of amides is 2. The van der Waals surface area contributed by atoms with Crippen LogP contribution in [-0.4, -0.2) is 122 Å². The molecule has 1 spiro atoms. The van der Waals surface area contributed by atoms with Crippen molar-refractivity contribution in [2.75, 3.05) is 45.9 Å². The number of benzene rings is 1. The number of nitrogens with zero attached hydrogens (tertiary/aromatic N) is 2. The Hall–Kier alpha value is -2.94. The third-order valence-corrected chi connectivity index (χ3v) is 14.6. The molecular weight excluding hydrogens is 660 g/mol. The molecule has 0 unspecified atom stereocenters. The van der Waals surface area contributed by atoms with Crippen LogP contribution in [0.4, 0.5) is 5.69 Å². The Bertz CT molecular complexity index is 1650. The van der Waals surface area contributed by atoms with Gasteiger partial charge in [0, 0.05) is 82.1 Å². The predicted octanol–water partition coefficient (Wildman–Crippen LogP) is 1.95. The van der Waals surface area contributed by atoms with Gasteiger partial charge in [-0.15, -0.1) is 0 Å². The molecule has 7 aliphatic rings. The normalized spacial score (nSPS) is 46.4. The number of fused-ring (bicyclic) bond motifs is 2. The highest BCUT2D eigenvalue weighted by atomic mass is 16.6. The average molecular weight is 711 g/mol. The molecule has 1 aromatic carbocycles. The summed E-state index contributed by atoms with van der Waals surface area (Å²) in [6.07, 6.45) is -0.303. The number of para-hydroxylation sites is 1. The van der Waals surface area contributed by atoms with E-state index in [1.807, 2.05) is 6.92 Å². The number of aliphatic hydroxyl groups is 2. The lowest BCUT2D eigenvalue weighted by Crippen LogP contribution is -2.82. The van der Waals surface area contributed by atoms with E-state index in [0.717, 1.165) is 4.90 Å². The molecular formula is C38H50N2O11. The Labute approximate surface area is 297 Å². The van der Waals surface area contributed by atoms with Crippen LogP contribution in [0.5, 0.6) is 0 Å². The van der Waals surface area contributed by atoms with E-state index in [1.54, 1.807) is 52.5 Å². The van der Waals surface area contributed by atoms with Crippen LogP contribution in [0.25, 0.3) is 0 Å². The standard InChI is InChI=1S/C38H50N2O11/c1-7-39-17-35(18-50-33(44)21-10-8-9-11-24(21)40-27(42)14-19(2)32(40)43)13-12-26(48-5)37-23-15-22-25(47-4)16-36(45,28(23)29(22)51-20(3)41)38(46,34(37)39)31(49-6)30(35)37/h8-11,19,22-23,25-26,28-31,34,45-46H,7,12-18H2,1-6H3/t19-,22+,23+,25-,26-,28+,29-,30-,31+,34-,35-,36+,37-,38-/m0/s1. The van der Waals surface area contributed by atoms with E-state index < -0.39 is 76.1 Å². The van der Waals surface area contributed by atoms with Crippen molar-refractivity contribution >= 4 is 29.4 Å². The van der Waals surface area contributed by atoms with E-state index in [1.165, 1.54) is 6.92 Å². The van der Waals surface area contributed by atoms with Crippen LogP contribution in [0.3, 0.4) is 0 Å². The summed E-state index contributed by atoms with van der Waals surface area (Å²) in [5, 5.41) is 26.7. The molecule has 13 heteroatoms. The van der Waals surface area contributed by atoms with Crippen molar-refractivity contribution in [2.45, 2.75) is 94.5 Å². The first-order chi connectivity index (χ1) is 24.3. The van der Waals surface area contributed by atoms with Crippen LogP contribution in [0.15, 0.2) is 24.3 Å². The number of anilines is 1. The largest absolute Gasteiger partial charge is 0.462 e. The van der Waals surface area contributed by atoms with Crippen LogP contribution in [0.2, 0.25) is 0 Å². The van der Waals surface area contributed by atoms with Gasteiger partial charge in [0.15, 0.2) is 0 Å². The molecule has 278 valence electrons. The molecule has 2 amide bonds. The van der Waals surface area contributed by atoms with Crippen LogP contribution in [-0.2, 0) is 38.1 Å². The van der Waals surface area contributed by atoms with Crippen molar-refractivity contribution in [2.24, 2.45) is 40.4 Å². The lowest BCUT2D eigenvalue weighted by atomic mass is 9.42. The van der Waals surface area contributed by atoms with Crippen molar-refractivity contribution in [1.29, 1.82) is 0 Å². The highest BCUT2D eigenvalue weighted by Crippen LogP contribution is 2.80. The number of ether oxygens (including phenoxy) is 5. The number of hydrogen-bond donors (Lipinski definition) is 2. The Morgan fingerprint density at radius 2 is 1.80 bits per heavy atom. The summed E-state index contributed by atoms with van der Waals surface area (Å²) in [6, 6.07) is 5.95. The molecule has 2 saturated heterocycles. The molecule has 5 saturated carbocycles. The zero-order valence-electron chi connectivity index (χ0n) is 30.2. The summed E-state index contributed by atoms with van der Waals surface area (Å²) in [5.74, 6) is -3.74. The van der Waals surface area contributed by atoms with Gasteiger partial charge in [-0.05, 0) is 43.9 Å². The van der Waals surface area contributed by atoms with Gasteiger partial charge < -0.3 is 33.9 Å². The molecule has 51 heavy (non-hydrogen) atoms. The molecule has 14 atom stereocenters. The van der Waals surface area contributed by atoms with E-state index in [-0.39, 0.29) is 60.5 Å². The maximum absolute atomic E-state index is 14.1. The summed E-state index contributed by atoms with van der Waals surface area (Å²) >= 11 is 0. The highest BCUT2D eigenvalue weighted by Gasteiger charge is 2.92. The molecule has 2 heterocycles. The number of piperidine rings is 1. The minimum atomic E-state index is -1.82. The van der Waals surface area contributed by atoms with Gasteiger partial charge in [0.25, 0.3) is 0 Å². The second kappa shape index (κ2) is 11.8. The molecule has 1 aromatic rings. The number of rotatable bonds is 9. The van der Waals surface area contributed by atoms with Gasteiger partial charge in [0.1, 0.15) is 17.3 Å². The van der Waals surface area contributed by atoms with Gasteiger partial charge in [-0.1, -0.05) is 26.0 Å². The lowest BCUT2D eigenvalue weighted by molar-refractivity contribution is -0.319. The zero-order valence-corrected chi connectivity index (χ0v) is 30.2. The molecule has 0 radical (unpaired) electrons. The predicted molar refractivity (Wildman–Crippen MR) is 179 cm³/mol. The quantitative estimate of drug-likeness (QED) is 0.284.